The topological polar surface area (TPSA) is 59.0 Å². The van der Waals surface area contributed by atoms with E-state index in [4.69, 9.17) is 9.47 Å². The highest BCUT2D eigenvalue weighted by Gasteiger charge is 2.32. The van der Waals surface area contributed by atoms with Gasteiger partial charge in [0.25, 0.3) is 0 Å². The summed E-state index contributed by atoms with van der Waals surface area (Å²) in [6, 6.07) is 10.7. The maximum atomic E-state index is 12.9. The average molecular weight is 393 g/mol. The number of piperidine rings is 1. The van der Waals surface area contributed by atoms with Crippen molar-refractivity contribution in [3.8, 4) is 17.2 Å². The molecule has 4 rings (SSSR count). The summed E-state index contributed by atoms with van der Waals surface area (Å²) >= 11 is 0. The molecule has 2 aromatic rings. The van der Waals surface area contributed by atoms with Gasteiger partial charge in [0, 0.05) is 25.2 Å². The molecule has 1 fully saturated rings. The van der Waals surface area contributed by atoms with Gasteiger partial charge in [-0.15, -0.1) is 0 Å². The van der Waals surface area contributed by atoms with Crippen molar-refractivity contribution in [3.05, 3.63) is 58.8 Å². The number of carbonyl (C=O) groups excluding carboxylic acids is 1. The molecule has 2 aromatic carbocycles. The summed E-state index contributed by atoms with van der Waals surface area (Å²) in [5.74, 6) is 2.61. The average Bonchev–Trinajstić information content (AvgIpc) is 3.00. The number of fused-ring (bicyclic) bond motifs is 1. The number of phenols is 1. The van der Waals surface area contributed by atoms with E-state index in [1.165, 1.54) is 6.42 Å². The highest BCUT2D eigenvalue weighted by Crippen LogP contribution is 2.41. The zero-order chi connectivity index (χ0) is 20.5. The molecule has 5 nitrogen and oxygen atoms in total. The van der Waals surface area contributed by atoms with Crippen LogP contribution in [-0.4, -0.2) is 36.0 Å². The van der Waals surface area contributed by atoms with Crippen molar-refractivity contribution < 1.29 is 19.4 Å². The molecule has 29 heavy (non-hydrogen) atoms. The van der Waals surface area contributed by atoms with Crippen molar-refractivity contribution in [1.29, 1.82) is 0 Å². The van der Waals surface area contributed by atoms with Gasteiger partial charge in [-0.1, -0.05) is 32.0 Å². The monoisotopic (exact) mass is 393 g/mol. The second-order valence-corrected chi connectivity index (χ2v) is 8.26. The maximum Gasteiger partial charge on any atom is 0.231 e. The summed E-state index contributed by atoms with van der Waals surface area (Å²) in [5, 5.41) is 10.5. The first-order chi connectivity index (χ1) is 14.0. The van der Waals surface area contributed by atoms with Crippen LogP contribution in [0, 0.1) is 11.8 Å². The lowest BCUT2D eigenvalue weighted by molar-refractivity contribution is 0.101. The van der Waals surface area contributed by atoms with E-state index in [0.717, 1.165) is 18.7 Å². The van der Waals surface area contributed by atoms with E-state index in [1.54, 1.807) is 25.3 Å². The van der Waals surface area contributed by atoms with Crippen LogP contribution in [0.4, 0.5) is 0 Å². The number of hydrogen-bond acceptors (Lipinski definition) is 5. The fraction of sp³-hybridized carbons (Fsp3) is 0.375. The van der Waals surface area contributed by atoms with Crippen LogP contribution < -0.4 is 9.47 Å². The highest BCUT2D eigenvalue weighted by molar-refractivity contribution is 6.15. The summed E-state index contributed by atoms with van der Waals surface area (Å²) in [5.41, 5.74) is 1.95. The summed E-state index contributed by atoms with van der Waals surface area (Å²) in [4.78, 5) is 15.3. The van der Waals surface area contributed by atoms with Crippen LogP contribution in [0.25, 0.3) is 6.08 Å². The lowest BCUT2D eigenvalue weighted by Gasteiger charge is -2.35. The number of nitrogens with zero attached hydrogens (tertiary/aromatic N) is 1. The molecule has 152 valence electrons. The van der Waals surface area contributed by atoms with Gasteiger partial charge in [0.15, 0.2) is 5.76 Å². The van der Waals surface area contributed by atoms with Gasteiger partial charge in [-0.05, 0) is 42.5 Å². The first kappa shape index (κ1) is 19.5. The number of hydrogen-bond donors (Lipinski definition) is 1. The van der Waals surface area contributed by atoms with Crippen LogP contribution in [0.15, 0.2) is 42.2 Å². The normalized spacial score (nSPS) is 23.1. The Kier molecular flexibility index (Phi) is 5.33. The number of phenolic OH excluding ortho intramolecular Hbond substituents is 1. The van der Waals surface area contributed by atoms with E-state index in [2.05, 4.69) is 18.7 Å². The number of aromatic hydroxyl groups is 1. The number of ether oxygens (including phenoxy) is 2. The molecule has 0 amide bonds. The lowest BCUT2D eigenvalue weighted by atomic mass is 9.91. The minimum absolute atomic E-state index is 0.168. The van der Waals surface area contributed by atoms with Gasteiger partial charge in [0.05, 0.1) is 18.2 Å². The summed E-state index contributed by atoms with van der Waals surface area (Å²) in [7, 11) is 1.60. The summed E-state index contributed by atoms with van der Waals surface area (Å²) < 4.78 is 11.4. The molecule has 0 bridgehead atoms. The molecule has 1 N–H and O–H groups in total. The van der Waals surface area contributed by atoms with E-state index in [-0.39, 0.29) is 17.3 Å². The van der Waals surface area contributed by atoms with E-state index in [0.29, 0.717) is 41.0 Å². The van der Waals surface area contributed by atoms with Gasteiger partial charge >= 0.3 is 0 Å². The van der Waals surface area contributed by atoms with Crippen LogP contribution in [-0.2, 0) is 6.54 Å². The molecule has 0 saturated carbocycles. The molecule has 1 saturated heterocycles. The number of carbonyl (C=O) groups is 1. The Hall–Kier alpha value is -2.79. The Balaban J connectivity index is 1.65. The van der Waals surface area contributed by atoms with Crippen LogP contribution in [0.1, 0.15) is 41.8 Å². The number of benzene rings is 2. The number of likely N-dealkylation sites (tertiary alicyclic amines) is 1. The van der Waals surface area contributed by atoms with Crippen molar-refractivity contribution in [2.24, 2.45) is 11.8 Å². The molecule has 0 aliphatic carbocycles. The van der Waals surface area contributed by atoms with E-state index in [9.17, 15) is 9.90 Å². The maximum absolute atomic E-state index is 12.9. The number of rotatable bonds is 4. The van der Waals surface area contributed by atoms with Crippen LogP contribution >= 0.6 is 0 Å². The third-order valence-electron chi connectivity index (χ3n) is 5.67. The Bertz CT molecular complexity index is 955. The number of ketones is 1. The van der Waals surface area contributed by atoms with Crippen molar-refractivity contribution >= 4 is 11.9 Å². The molecule has 0 aromatic heterocycles. The molecule has 2 unspecified atom stereocenters. The SMILES string of the molecule is COc1ccccc1/C=C1/Oc2c(ccc(O)c2CN2CC(C)CC(C)C2)C1=O. The summed E-state index contributed by atoms with van der Waals surface area (Å²) in [6.07, 6.45) is 2.92. The zero-order valence-corrected chi connectivity index (χ0v) is 17.1. The van der Waals surface area contributed by atoms with Gasteiger partial charge in [0.2, 0.25) is 5.78 Å². The molecule has 2 heterocycles. The first-order valence-electron chi connectivity index (χ1n) is 10.1. The van der Waals surface area contributed by atoms with Gasteiger partial charge in [0.1, 0.15) is 17.2 Å². The largest absolute Gasteiger partial charge is 0.507 e. The van der Waals surface area contributed by atoms with E-state index in [1.807, 2.05) is 24.3 Å². The van der Waals surface area contributed by atoms with Crippen molar-refractivity contribution in [2.75, 3.05) is 20.2 Å². The Morgan fingerprint density at radius 1 is 1.17 bits per heavy atom. The number of para-hydroxylation sites is 1. The van der Waals surface area contributed by atoms with Crippen molar-refractivity contribution in [3.63, 3.8) is 0 Å². The zero-order valence-electron chi connectivity index (χ0n) is 17.1. The molecule has 0 spiro atoms. The smallest absolute Gasteiger partial charge is 0.231 e. The van der Waals surface area contributed by atoms with Gasteiger partial charge in [-0.3, -0.25) is 9.69 Å². The molecule has 0 radical (unpaired) electrons. The predicted molar refractivity (Wildman–Crippen MR) is 112 cm³/mol. The molecule has 2 atom stereocenters. The fourth-order valence-corrected chi connectivity index (χ4v) is 4.52. The second kappa shape index (κ2) is 7.91. The van der Waals surface area contributed by atoms with Crippen LogP contribution in [0.2, 0.25) is 0 Å². The summed E-state index contributed by atoms with van der Waals surface area (Å²) in [6.45, 7) is 7.04. The number of methoxy groups -OCH3 is 1. The highest BCUT2D eigenvalue weighted by atomic mass is 16.5. The number of Topliss-reactive ketones (excluding diaryl/α,β-unsaturated/α-hetero) is 1. The van der Waals surface area contributed by atoms with Crippen LogP contribution in [0.3, 0.4) is 0 Å². The Labute approximate surface area is 171 Å². The van der Waals surface area contributed by atoms with E-state index >= 15 is 0 Å². The van der Waals surface area contributed by atoms with Crippen molar-refractivity contribution in [2.45, 2.75) is 26.8 Å². The van der Waals surface area contributed by atoms with Crippen LogP contribution in [0.5, 0.6) is 17.2 Å². The minimum atomic E-state index is -0.174. The quantitative estimate of drug-likeness (QED) is 0.776. The molecular weight excluding hydrogens is 366 g/mol. The second-order valence-electron chi connectivity index (χ2n) is 8.26. The van der Waals surface area contributed by atoms with Gasteiger partial charge < -0.3 is 14.6 Å². The first-order valence-corrected chi connectivity index (χ1v) is 10.1. The van der Waals surface area contributed by atoms with Gasteiger partial charge in [-0.25, -0.2) is 0 Å². The third kappa shape index (κ3) is 3.87. The Morgan fingerprint density at radius 2 is 1.90 bits per heavy atom. The number of allylic oxidation sites excluding steroid dienone is 1. The lowest BCUT2D eigenvalue weighted by Crippen LogP contribution is -2.38. The van der Waals surface area contributed by atoms with Crippen molar-refractivity contribution in [1.82, 2.24) is 4.90 Å². The standard InChI is InChI=1S/C24H27NO4/c1-15-10-16(2)13-25(12-15)14-19-20(26)9-8-18-23(27)22(29-24(18)19)11-17-6-4-5-7-21(17)28-3/h4-9,11,15-16,26H,10,12-14H2,1-3H3/b22-11+. The predicted octanol–water partition coefficient (Wildman–Crippen LogP) is 4.49. The molecular formula is C24H27NO4. The van der Waals surface area contributed by atoms with Gasteiger partial charge in [-0.2, -0.15) is 0 Å². The fourth-order valence-electron chi connectivity index (χ4n) is 4.52. The molecule has 5 heteroatoms. The minimum Gasteiger partial charge on any atom is -0.507 e. The molecule has 2 aliphatic rings. The third-order valence-corrected chi connectivity index (χ3v) is 5.67. The van der Waals surface area contributed by atoms with E-state index < -0.39 is 0 Å². The molecule has 2 aliphatic heterocycles. The Morgan fingerprint density at radius 3 is 2.62 bits per heavy atom.